The van der Waals surface area contributed by atoms with Crippen molar-refractivity contribution in [2.45, 2.75) is 0 Å². The SMILES string of the molecule is C=Cc1c(C#N)c(Cl)n(C)c1C=C. The van der Waals surface area contributed by atoms with Gasteiger partial charge in [-0.3, -0.25) is 0 Å². The average molecular weight is 193 g/mol. The standard InChI is InChI=1S/C10H9ClN2/c1-4-7-8(6-12)10(11)13(3)9(7)5-2/h4-5H,1-2H2,3H3. The minimum absolute atomic E-state index is 0.423. The molecule has 0 fully saturated rings. The molecule has 0 bridgehead atoms. The van der Waals surface area contributed by atoms with Gasteiger partial charge in [-0.25, -0.2) is 0 Å². The van der Waals surface area contributed by atoms with E-state index in [2.05, 4.69) is 13.2 Å². The van der Waals surface area contributed by atoms with E-state index in [9.17, 15) is 0 Å². The van der Waals surface area contributed by atoms with Crippen LogP contribution in [0.2, 0.25) is 5.15 Å². The van der Waals surface area contributed by atoms with E-state index < -0.39 is 0 Å². The minimum atomic E-state index is 0.423. The minimum Gasteiger partial charge on any atom is -0.334 e. The Morgan fingerprint density at radius 1 is 1.46 bits per heavy atom. The summed E-state index contributed by atoms with van der Waals surface area (Å²) < 4.78 is 1.71. The number of nitriles is 1. The lowest BCUT2D eigenvalue weighted by Crippen LogP contribution is -1.90. The molecule has 13 heavy (non-hydrogen) atoms. The molecule has 1 rings (SSSR count). The molecule has 0 amide bonds. The van der Waals surface area contributed by atoms with Crippen molar-refractivity contribution in [1.82, 2.24) is 4.57 Å². The lowest BCUT2D eigenvalue weighted by Gasteiger charge is -1.97. The van der Waals surface area contributed by atoms with Gasteiger partial charge in [0.2, 0.25) is 0 Å². The molecular weight excluding hydrogens is 184 g/mol. The van der Waals surface area contributed by atoms with E-state index in [0.717, 1.165) is 11.3 Å². The molecule has 0 unspecified atom stereocenters. The first-order valence-corrected chi connectivity index (χ1v) is 4.08. The monoisotopic (exact) mass is 192 g/mol. The molecule has 0 radical (unpaired) electrons. The Hall–Kier alpha value is -1.46. The van der Waals surface area contributed by atoms with E-state index in [0.29, 0.717) is 10.7 Å². The highest BCUT2D eigenvalue weighted by atomic mass is 35.5. The maximum Gasteiger partial charge on any atom is 0.127 e. The van der Waals surface area contributed by atoms with Gasteiger partial charge in [-0.2, -0.15) is 5.26 Å². The van der Waals surface area contributed by atoms with Gasteiger partial charge >= 0.3 is 0 Å². The van der Waals surface area contributed by atoms with Gasteiger partial charge in [-0.1, -0.05) is 30.8 Å². The number of halogens is 1. The molecule has 0 saturated carbocycles. The van der Waals surface area contributed by atoms with Gasteiger partial charge in [-0.15, -0.1) is 0 Å². The highest BCUT2D eigenvalue weighted by molar-refractivity contribution is 6.31. The summed E-state index contributed by atoms with van der Waals surface area (Å²) in [4.78, 5) is 0. The van der Waals surface area contributed by atoms with Gasteiger partial charge in [0.1, 0.15) is 11.2 Å². The van der Waals surface area contributed by atoms with Crippen molar-refractivity contribution in [2.24, 2.45) is 7.05 Å². The molecule has 0 saturated heterocycles. The van der Waals surface area contributed by atoms with Gasteiger partial charge in [0.05, 0.1) is 5.56 Å². The van der Waals surface area contributed by atoms with Gasteiger partial charge < -0.3 is 4.57 Å². The molecule has 1 heterocycles. The lowest BCUT2D eigenvalue weighted by atomic mass is 10.1. The van der Waals surface area contributed by atoms with Crippen molar-refractivity contribution in [3.63, 3.8) is 0 Å². The van der Waals surface area contributed by atoms with Crippen LogP contribution in [0, 0.1) is 11.3 Å². The predicted octanol–water partition coefficient (Wildman–Crippen LogP) is 2.84. The van der Waals surface area contributed by atoms with Crippen LogP contribution < -0.4 is 0 Å². The largest absolute Gasteiger partial charge is 0.334 e. The van der Waals surface area contributed by atoms with Crippen molar-refractivity contribution in [3.8, 4) is 6.07 Å². The zero-order valence-electron chi connectivity index (χ0n) is 7.34. The molecule has 0 aromatic carbocycles. The Balaban J connectivity index is 3.64. The number of hydrogen-bond donors (Lipinski definition) is 0. The summed E-state index contributed by atoms with van der Waals surface area (Å²) in [6.07, 6.45) is 3.27. The fraction of sp³-hybridized carbons (Fsp3) is 0.100. The normalized spacial score (nSPS) is 9.31. The third kappa shape index (κ3) is 1.28. The highest BCUT2D eigenvalue weighted by Gasteiger charge is 2.14. The molecule has 3 heteroatoms. The van der Waals surface area contributed by atoms with E-state index >= 15 is 0 Å². The fourth-order valence-electron chi connectivity index (χ4n) is 1.25. The molecule has 1 aromatic rings. The molecule has 66 valence electrons. The van der Waals surface area contributed by atoms with Gasteiger partial charge in [-0.05, 0) is 6.08 Å². The highest BCUT2D eigenvalue weighted by Crippen LogP contribution is 2.27. The second-order valence-corrected chi connectivity index (χ2v) is 2.90. The summed E-state index contributed by atoms with van der Waals surface area (Å²) in [7, 11) is 1.78. The van der Waals surface area contributed by atoms with Crippen LogP contribution in [-0.4, -0.2) is 4.57 Å². The number of hydrogen-bond acceptors (Lipinski definition) is 1. The Labute approximate surface area is 82.4 Å². The third-order valence-electron chi connectivity index (χ3n) is 1.92. The number of aromatic nitrogens is 1. The smallest absolute Gasteiger partial charge is 0.127 e. The van der Waals surface area contributed by atoms with Gasteiger partial charge in [0.15, 0.2) is 0 Å². The molecule has 0 aliphatic carbocycles. The van der Waals surface area contributed by atoms with Crippen LogP contribution in [-0.2, 0) is 7.05 Å². The van der Waals surface area contributed by atoms with Crippen molar-refractivity contribution in [1.29, 1.82) is 5.26 Å². The number of nitrogens with zero attached hydrogens (tertiary/aromatic N) is 2. The first-order valence-electron chi connectivity index (χ1n) is 3.70. The Morgan fingerprint density at radius 2 is 2.08 bits per heavy atom. The molecule has 0 aliphatic heterocycles. The second kappa shape index (κ2) is 3.51. The van der Waals surface area contributed by atoms with Crippen LogP contribution in [0.4, 0.5) is 0 Å². The van der Waals surface area contributed by atoms with Crippen molar-refractivity contribution in [2.75, 3.05) is 0 Å². The van der Waals surface area contributed by atoms with E-state index in [1.807, 2.05) is 6.07 Å². The summed E-state index contributed by atoms with van der Waals surface area (Å²) in [5, 5.41) is 9.26. The van der Waals surface area contributed by atoms with Gasteiger partial charge in [0, 0.05) is 18.3 Å². The molecule has 0 atom stereocenters. The molecule has 0 aliphatic rings. The molecule has 1 aromatic heterocycles. The first-order chi connectivity index (χ1) is 6.17. The molecule has 0 N–H and O–H groups in total. The Kier molecular flexibility index (Phi) is 2.60. The van der Waals surface area contributed by atoms with Crippen molar-refractivity contribution < 1.29 is 0 Å². The quantitative estimate of drug-likeness (QED) is 0.709. The van der Waals surface area contributed by atoms with E-state index in [-0.39, 0.29) is 0 Å². The van der Waals surface area contributed by atoms with Crippen LogP contribution in [0.15, 0.2) is 13.2 Å². The van der Waals surface area contributed by atoms with Crippen LogP contribution >= 0.6 is 11.6 Å². The molecule has 2 nitrogen and oxygen atoms in total. The first kappa shape index (κ1) is 9.63. The summed E-state index contributed by atoms with van der Waals surface area (Å²) >= 11 is 5.92. The van der Waals surface area contributed by atoms with Gasteiger partial charge in [0.25, 0.3) is 0 Å². The van der Waals surface area contributed by atoms with E-state index in [1.165, 1.54) is 0 Å². The van der Waals surface area contributed by atoms with Crippen LogP contribution in [0.3, 0.4) is 0 Å². The number of rotatable bonds is 2. The lowest BCUT2D eigenvalue weighted by molar-refractivity contribution is 0.914. The average Bonchev–Trinajstić information content (AvgIpc) is 2.38. The van der Waals surface area contributed by atoms with Crippen molar-refractivity contribution >= 4 is 23.8 Å². The molecule has 0 spiro atoms. The maximum atomic E-state index is 8.83. The van der Waals surface area contributed by atoms with E-state index in [4.69, 9.17) is 16.9 Å². The predicted molar refractivity (Wildman–Crippen MR) is 55.3 cm³/mol. The second-order valence-electron chi connectivity index (χ2n) is 2.54. The summed E-state index contributed by atoms with van der Waals surface area (Å²) in [6.45, 7) is 7.28. The molecular formula is C10H9ClN2. The summed E-state index contributed by atoms with van der Waals surface area (Å²) in [5.74, 6) is 0. The maximum absolute atomic E-state index is 8.83. The summed E-state index contributed by atoms with van der Waals surface area (Å²) in [6, 6.07) is 2.04. The van der Waals surface area contributed by atoms with Crippen LogP contribution in [0.5, 0.6) is 0 Å². The Morgan fingerprint density at radius 3 is 2.46 bits per heavy atom. The topological polar surface area (TPSA) is 28.7 Å². The van der Waals surface area contributed by atoms with E-state index in [1.54, 1.807) is 23.8 Å². The summed E-state index contributed by atoms with van der Waals surface area (Å²) in [5.41, 5.74) is 2.01. The van der Waals surface area contributed by atoms with Crippen LogP contribution in [0.25, 0.3) is 12.2 Å². The Bertz CT molecular complexity index is 408. The van der Waals surface area contributed by atoms with Crippen molar-refractivity contribution in [3.05, 3.63) is 35.1 Å². The zero-order chi connectivity index (χ0) is 10.0. The third-order valence-corrected chi connectivity index (χ3v) is 2.36. The zero-order valence-corrected chi connectivity index (χ0v) is 8.10. The van der Waals surface area contributed by atoms with Crippen LogP contribution in [0.1, 0.15) is 16.8 Å². The fourth-order valence-corrected chi connectivity index (χ4v) is 1.49.